The maximum absolute atomic E-state index is 4.32. The summed E-state index contributed by atoms with van der Waals surface area (Å²) in [5.74, 6) is 0. The number of hydrogen-bond acceptors (Lipinski definition) is 3. The molecular formula is C16H22N2S. The highest BCUT2D eigenvalue weighted by Gasteiger charge is 2.11. The Bertz CT molecular complexity index is 479. The second kappa shape index (κ2) is 7.41. The maximum Gasteiger partial charge on any atom is 0.0338 e. The third kappa shape index (κ3) is 4.44. The molecule has 2 aromatic heterocycles. The lowest BCUT2D eigenvalue weighted by Gasteiger charge is -2.19. The van der Waals surface area contributed by atoms with Gasteiger partial charge in [-0.2, -0.15) is 11.3 Å². The standard InChI is InChI=1S/C16H22N2S/c1-3-7-18-16(5-4-14-6-8-19-12-14)15-9-13(2)10-17-11-15/h6,8-12,16,18H,3-5,7H2,1-2H3. The van der Waals surface area contributed by atoms with Crippen molar-refractivity contribution in [1.82, 2.24) is 10.3 Å². The first kappa shape index (κ1) is 14.2. The number of nitrogens with one attached hydrogen (secondary N) is 1. The molecule has 3 heteroatoms. The molecule has 1 unspecified atom stereocenters. The number of rotatable bonds is 7. The number of aromatic nitrogens is 1. The van der Waals surface area contributed by atoms with E-state index in [0.29, 0.717) is 6.04 Å². The van der Waals surface area contributed by atoms with Crippen LogP contribution in [0.1, 0.15) is 42.5 Å². The van der Waals surface area contributed by atoms with Gasteiger partial charge in [0.2, 0.25) is 0 Å². The van der Waals surface area contributed by atoms with Crippen molar-refractivity contribution in [2.45, 2.75) is 39.2 Å². The van der Waals surface area contributed by atoms with Crippen molar-refractivity contribution in [1.29, 1.82) is 0 Å². The van der Waals surface area contributed by atoms with Gasteiger partial charge in [-0.1, -0.05) is 13.0 Å². The molecule has 1 atom stereocenters. The summed E-state index contributed by atoms with van der Waals surface area (Å²) in [6.45, 7) is 5.37. The van der Waals surface area contributed by atoms with Crippen LogP contribution in [0.3, 0.4) is 0 Å². The van der Waals surface area contributed by atoms with Gasteiger partial charge in [0.25, 0.3) is 0 Å². The van der Waals surface area contributed by atoms with Crippen LogP contribution in [0, 0.1) is 6.92 Å². The molecule has 0 saturated carbocycles. The van der Waals surface area contributed by atoms with Crippen molar-refractivity contribution in [3.05, 3.63) is 52.0 Å². The van der Waals surface area contributed by atoms with Crippen LogP contribution in [0.4, 0.5) is 0 Å². The Kier molecular flexibility index (Phi) is 5.55. The maximum atomic E-state index is 4.32. The van der Waals surface area contributed by atoms with Crippen molar-refractivity contribution in [3.63, 3.8) is 0 Å². The molecular weight excluding hydrogens is 252 g/mol. The van der Waals surface area contributed by atoms with Gasteiger partial charge < -0.3 is 5.32 Å². The highest BCUT2D eigenvalue weighted by atomic mass is 32.1. The van der Waals surface area contributed by atoms with E-state index in [1.165, 1.54) is 16.7 Å². The van der Waals surface area contributed by atoms with E-state index in [0.717, 1.165) is 25.8 Å². The smallest absolute Gasteiger partial charge is 0.0338 e. The van der Waals surface area contributed by atoms with Gasteiger partial charge in [-0.15, -0.1) is 0 Å². The number of nitrogens with zero attached hydrogens (tertiary/aromatic N) is 1. The van der Waals surface area contributed by atoms with Crippen LogP contribution in [0.2, 0.25) is 0 Å². The molecule has 1 N–H and O–H groups in total. The zero-order valence-electron chi connectivity index (χ0n) is 11.7. The Morgan fingerprint density at radius 2 is 2.26 bits per heavy atom. The van der Waals surface area contributed by atoms with Crippen molar-refractivity contribution < 1.29 is 0 Å². The summed E-state index contributed by atoms with van der Waals surface area (Å²) < 4.78 is 0. The summed E-state index contributed by atoms with van der Waals surface area (Å²) in [4.78, 5) is 4.32. The third-order valence-corrected chi connectivity index (χ3v) is 3.97. The first-order valence-electron chi connectivity index (χ1n) is 6.95. The van der Waals surface area contributed by atoms with Crippen molar-refractivity contribution in [2.75, 3.05) is 6.54 Å². The van der Waals surface area contributed by atoms with Crippen LogP contribution >= 0.6 is 11.3 Å². The third-order valence-electron chi connectivity index (χ3n) is 3.24. The molecule has 0 bridgehead atoms. The highest BCUT2D eigenvalue weighted by molar-refractivity contribution is 7.07. The number of aryl methyl sites for hydroxylation is 2. The van der Waals surface area contributed by atoms with Crippen molar-refractivity contribution in [3.8, 4) is 0 Å². The number of thiophene rings is 1. The van der Waals surface area contributed by atoms with E-state index in [2.05, 4.69) is 47.0 Å². The molecule has 0 aliphatic carbocycles. The lowest BCUT2D eigenvalue weighted by molar-refractivity contribution is 0.498. The largest absolute Gasteiger partial charge is 0.310 e. The summed E-state index contributed by atoms with van der Waals surface area (Å²) in [7, 11) is 0. The first-order chi connectivity index (χ1) is 9.29. The molecule has 0 amide bonds. The SMILES string of the molecule is CCCNC(CCc1ccsc1)c1cncc(C)c1. The summed E-state index contributed by atoms with van der Waals surface area (Å²) in [6, 6.07) is 4.87. The average molecular weight is 274 g/mol. The Labute approximate surface area is 119 Å². The van der Waals surface area contributed by atoms with Gasteiger partial charge in [-0.25, -0.2) is 0 Å². The van der Waals surface area contributed by atoms with Gasteiger partial charge in [-0.05, 0) is 66.2 Å². The lowest BCUT2D eigenvalue weighted by atomic mass is 10.0. The normalized spacial score (nSPS) is 12.5. The van der Waals surface area contributed by atoms with Crippen molar-refractivity contribution in [2.24, 2.45) is 0 Å². The zero-order chi connectivity index (χ0) is 13.5. The minimum Gasteiger partial charge on any atom is -0.310 e. The van der Waals surface area contributed by atoms with E-state index in [9.17, 15) is 0 Å². The Morgan fingerprint density at radius 3 is 2.95 bits per heavy atom. The summed E-state index contributed by atoms with van der Waals surface area (Å²) in [5.41, 5.74) is 3.98. The first-order valence-corrected chi connectivity index (χ1v) is 7.90. The molecule has 0 aliphatic heterocycles. The quantitative estimate of drug-likeness (QED) is 0.821. The van der Waals surface area contributed by atoms with E-state index in [1.54, 1.807) is 11.3 Å². The molecule has 0 aliphatic rings. The van der Waals surface area contributed by atoms with Crippen LogP contribution in [-0.2, 0) is 6.42 Å². The average Bonchev–Trinajstić information content (AvgIpc) is 2.92. The van der Waals surface area contributed by atoms with Gasteiger partial charge in [0.15, 0.2) is 0 Å². The van der Waals surface area contributed by atoms with E-state index in [1.807, 2.05) is 12.4 Å². The van der Waals surface area contributed by atoms with Crippen molar-refractivity contribution >= 4 is 11.3 Å². The molecule has 0 spiro atoms. The van der Waals surface area contributed by atoms with Gasteiger partial charge in [0, 0.05) is 18.4 Å². The molecule has 0 fully saturated rings. The van der Waals surface area contributed by atoms with Crippen LogP contribution < -0.4 is 5.32 Å². The van der Waals surface area contributed by atoms with E-state index < -0.39 is 0 Å². The minimum absolute atomic E-state index is 0.409. The topological polar surface area (TPSA) is 24.9 Å². The van der Waals surface area contributed by atoms with Gasteiger partial charge in [0.1, 0.15) is 0 Å². The van der Waals surface area contributed by atoms with Crippen LogP contribution in [-0.4, -0.2) is 11.5 Å². The Balaban J connectivity index is 2.02. The van der Waals surface area contributed by atoms with Crippen LogP contribution in [0.5, 0.6) is 0 Å². The molecule has 0 saturated heterocycles. The number of hydrogen-bond donors (Lipinski definition) is 1. The Hall–Kier alpha value is -1.19. The molecule has 2 aromatic rings. The van der Waals surface area contributed by atoms with Gasteiger partial charge in [0.05, 0.1) is 0 Å². The van der Waals surface area contributed by atoms with E-state index in [4.69, 9.17) is 0 Å². The van der Waals surface area contributed by atoms with Gasteiger partial charge >= 0.3 is 0 Å². The van der Waals surface area contributed by atoms with Crippen LogP contribution in [0.25, 0.3) is 0 Å². The summed E-state index contributed by atoms with van der Waals surface area (Å²) in [6.07, 6.45) is 7.32. The predicted octanol–water partition coefficient (Wildman–Crippen LogP) is 4.13. The molecule has 0 radical (unpaired) electrons. The Morgan fingerprint density at radius 1 is 1.37 bits per heavy atom. The zero-order valence-corrected chi connectivity index (χ0v) is 12.5. The summed E-state index contributed by atoms with van der Waals surface area (Å²) >= 11 is 1.77. The fourth-order valence-corrected chi connectivity index (χ4v) is 2.92. The molecule has 2 heterocycles. The predicted molar refractivity (Wildman–Crippen MR) is 82.6 cm³/mol. The second-order valence-corrected chi connectivity index (χ2v) is 5.75. The fourth-order valence-electron chi connectivity index (χ4n) is 2.22. The molecule has 19 heavy (non-hydrogen) atoms. The van der Waals surface area contributed by atoms with Crippen LogP contribution in [0.15, 0.2) is 35.3 Å². The van der Waals surface area contributed by atoms with E-state index in [-0.39, 0.29) is 0 Å². The summed E-state index contributed by atoms with van der Waals surface area (Å²) in [5, 5.41) is 8.03. The molecule has 2 nitrogen and oxygen atoms in total. The van der Waals surface area contributed by atoms with Gasteiger partial charge in [-0.3, -0.25) is 4.98 Å². The monoisotopic (exact) mass is 274 g/mol. The lowest BCUT2D eigenvalue weighted by Crippen LogP contribution is -2.23. The number of pyridine rings is 1. The molecule has 2 rings (SSSR count). The molecule has 102 valence electrons. The molecule has 0 aromatic carbocycles. The minimum atomic E-state index is 0.409. The van der Waals surface area contributed by atoms with E-state index >= 15 is 0 Å². The highest BCUT2D eigenvalue weighted by Crippen LogP contribution is 2.20. The fraction of sp³-hybridized carbons (Fsp3) is 0.438. The second-order valence-electron chi connectivity index (χ2n) is 4.97.